The van der Waals surface area contributed by atoms with Gasteiger partial charge in [-0.2, -0.15) is 13.2 Å². The second-order valence-corrected chi connectivity index (χ2v) is 8.42. The molecule has 1 aromatic heterocycles. The Hall–Kier alpha value is -2.95. The SMILES string of the molecule is NS(=O)(=O)c1cc(NC(=O)Cc2ccccc2Cl)ccc1-c1cccc(C(F)(F)F)n1. The van der Waals surface area contributed by atoms with E-state index in [1.54, 1.807) is 24.3 Å². The van der Waals surface area contributed by atoms with Gasteiger partial charge in [0.1, 0.15) is 5.69 Å². The second kappa shape index (κ2) is 8.66. The van der Waals surface area contributed by atoms with Crippen LogP contribution >= 0.6 is 11.6 Å². The van der Waals surface area contributed by atoms with Crippen LogP contribution in [0.25, 0.3) is 11.3 Å². The average Bonchev–Trinajstić information content (AvgIpc) is 2.68. The van der Waals surface area contributed by atoms with E-state index in [9.17, 15) is 26.4 Å². The summed E-state index contributed by atoms with van der Waals surface area (Å²) in [6.45, 7) is 0. The zero-order chi connectivity index (χ0) is 22.8. The van der Waals surface area contributed by atoms with E-state index in [1.807, 2.05) is 0 Å². The molecular formula is C20H15ClF3N3O3S. The molecule has 162 valence electrons. The van der Waals surface area contributed by atoms with Crippen molar-refractivity contribution in [3.05, 3.63) is 76.9 Å². The van der Waals surface area contributed by atoms with E-state index < -0.39 is 32.7 Å². The first-order valence-corrected chi connectivity index (χ1v) is 10.6. The predicted molar refractivity (Wildman–Crippen MR) is 110 cm³/mol. The van der Waals surface area contributed by atoms with Crippen LogP contribution in [-0.4, -0.2) is 19.3 Å². The number of nitrogens with zero attached hydrogens (tertiary/aromatic N) is 1. The van der Waals surface area contributed by atoms with Gasteiger partial charge in [-0.1, -0.05) is 35.9 Å². The third-order valence-corrected chi connectivity index (χ3v) is 5.52. The van der Waals surface area contributed by atoms with Crippen LogP contribution < -0.4 is 10.5 Å². The number of carbonyl (C=O) groups excluding carboxylic acids is 1. The minimum Gasteiger partial charge on any atom is -0.326 e. The lowest BCUT2D eigenvalue weighted by Crippen LogP contribution is -2.17. The van der Waals surface area contributed by atoms with E-state index in [0.717, 1.165) is 18.2 Å². The molecule has 6 nitrogen and oxygen atoms in total. The number of amides is 1. The van der Waals surface area contributed by atoms with Crippen molar-refractivity contribution >= 4 is 33.2 Å². The van der Waals surface area contributed by atoms with Crippen molar-refractivity contribution in [2.24, 2.45) is 5.14 Å². The number of nitrogens with one attached hydrogen (secondary N) is 1. The Morgan fingerprint density at radius 2 is 1.77 bits per heavy atom. The van der Waals surface area contributed by atoms with Crippen molar-refractivity contribution < 1.29 is 26.4 Å². The van der Waals surface area contributed by atoms with Gasteiger partial charge in [0.2, 0.25) is 15.9 Å². The number of pyridine rings is 1. The van der Waals surface area contributed by atoms with Gasteiger partial charge < -0.3 is 5.32 Å². The standard InChI is InChI=1S/C20H15ClF3N3O3S/c21-15-5-2-1-4-12(15)10-19(28)26-13-8-9-14(17(11-13)31(25,29)30)16-6-3-7-18(27-16)20(22,23)24/h1-9,11H,10H2,(H,26,28)(H2,25,29,30). The summed E-state index contributed by atoms with van der Waals surface area (Å²) in [6.07, 6.45) is -4.77. The van der Waals surface area contributed by atoms with Crippen LogP contribution in [0.4, 0.5) is 18.9 Å². The first-order valence-electron chi connectivity index (χ1n) is 8.70. The van der Waals surface area contributed by atoms with Gasteiger partial charge in [-0.05, 0) is 42.0 Å². The molecule has 1 heterocycles. The largest absolute Gasteiger partial charge is 0.433 e. The minimum absolute atomic E-state index is 0.0681. The molecule has 0 spiro atoms. The van der Waals surface area contributed by atoms with Crippen molar-refractivity contribution in [3.8, 4) is 11.3 Å². The Kier molecular flexibility index (Phi) is 6.35. The van der Waals surface area contributed by atoms with Gasteiger partial charge in [0.25, 0.3) is 0 Å². The minimum atomic E-state index is -4.70. The van der Waals surface area contributed by atoms with E-state index in [0.29, 0.717) is 10.6 Å². The van der Waals surface area contributed by atoms with Gasteiger partial charge in [0.15, 0.2) is 0 Å². The number of nitrogens with two attached hydrogens (primary N) is 1. The molecule has 0 saturated carbocycles. The van der Waals surface area contributed by atoms with Gasteiger partial charge in [0, 0.05) is 16.3 Å². The summed E-state index contributed by atoms with van der Waals surface area (Å²) in [5, 5.41) is 8.18. The molecule has 2 aromatic carbocycles. The number of benzene rings is 2. The summed E-state index contributed by atoms with van der Waals surface area (Å²) in [5.41, 5.74) is -0.872. The lowest BCUT2D eigenvalue weighted by Gasteiger charge is -2.13. The molecule has 3 N–H and O–H groups in total. The molecule has 3 rings (SSSR count). The number of aromatic nitrogens is 1. The van der Waals surface area contributed by atoms with Gasteiger partial charge in [-0.3, -0.25) is 4.79 Å². The molecule has 0 aliphatic carbocycles. The number of anilines is 1. The predicted octanol–water partition coefficient (Wildman–Crippen LogP) is 4.25. The number of rotatable bonds is 5. The van der Waals surface area contributed by atoms with E-state index in [2.05, 4.69) is 10.3 Å². The van der Waals surface area contributed by atoms with Gasteiger partial charge >= 0.3 is 6.18 Å². The van der Waals surface area contributed by atoms with E-state index in [1.165, 1.54) is 18.2 Å². The van der Waals surface area contributed by atoms with Gasteiger partial charge in [-0.25, -0.2) is 18.5 Å². The average molecular weight is 470 g/mol. The zero-order valence-corrected chi connectivity index (χ0v) is 17.2. The van der Waals surface area contributed by atoms with Crippen LogP contribution in [-0.2, 0) is 27.4 Å². The van der Waals surface area contributed by atoms with Crippen molar-refractivity contribution in [1.82, 2.24) is 4.98 Å². The Labute approximate surface area is 180 Å². The molecular weight excluding hydrogens is 455 g/mol. The Balaban J connectivity index is 1.95. The molecule has 0 bridgehead atoms. The van der Waals surface area contributed by atoms with Crippen molar-refractivity contribution in [1.29, 1.82) is 0 Å². The Bertz CT molecular complexity index is 1250. The van der Waals surface area contributed by atoms with E-state index in [4.69, 9.17) is 16.7 Å². The second-order valence-electron chi connectivity index (χ2n) is 6.48. The number of hydrogen-bond acceptors (Lipinski definition) is 4. The quantitative estimate of drug-likeness (QED) is 0.583. The summed E-state index contributed by atoms with van der Waals surface area (Å²) in [7, 11) is -4.35. The fourth-order valence-corrected chi connectivity index (χ4v) is 3.78. The number of alkyl halides is 3. The van der Waals surface area contributed by atoms with Crippen molar-refractivity contribution in [3.63, 3.8) is 0 Å². The highest BCUT2D eigenvalue weighted by Crippen LogP contribution is 2.32. The lowest BCUT2D eigenvalue weighted by atomic mass is 10.1. The number of carbonyl (C=O) groups is 1. The van der Waals surface area contributed by atoms with Gasteiger partial charge in [0.05, 0.1) is 17.0 Å². The van der Waals surface area contributed by atoms with E-state index in [-0.39, 0.29) is 23.4 Å². The molecule has 31 heavy (non-hydrogen) atoms. The summed E-state index contributed by atoms with van der Waals surface area (Å²) in [5.74, 6) is -0.474. The van der Waals surface area contributed by atoms with Crippen molar-refractivity contribution in [2.45, 2.75) is 17.5 Å². The summed E-state index contributed by atoms with van der Waals surface area (Å²) < 4.78 is 63.1. The fourth-order valence-electron chi connectivity index (χ4n) is 2.81. The van der Waals surface area contributed by atoms with Crippen LogP contribution in [0.2, 0.25) is 5.02 Å². The Morgan fingerprint density at radius 3 is 2.42 bits per heavy atom. The third-order valence-electron chi connectivity index (χ3n) is 4.20. The number of sulfonamides is 1. The monoisotopic (exact) mass is 469 g/mol. The molecule has 1 amide bonds. The number of primary sulfonamides is 1. The topological polar surface area (TPSA) is 102 Å². The highest BCUT2D eigenvalue weighted by molar-refractivity contribution is 7.89. The highest BCUT2D eigenvalue weighted by Gasteiger charge is 2.33. The van der Waals surface area contributed by atoms with Crippen molar-refractivity contribution in [2.75, 3.05) is 5.32 Å². The highest BCUT2D eigenvalue weighted by atomic mass is 35.5. The maximum Gasteiger partial charge on any atom is 0.433 e. The maximum absolute atomic E-state index is 13.0. The first kappa shape index (κ1) is 22.7. The normalized spacial score (nSPS) is 11.9. The lowest BCUT2D eigenvalue weighted by molar-refractivity contribution is -0.141. The molecule has 0 aliphatic rings. The van der Waals surface area contributed by atoms with E-state index >= 15 is 0 Å². The summed E-state index contributed by atoms with van der Waals surface area (Å²) in [4.78, 5) is 15.3. The smallest absolute Gasteiger partial charge is 0.326 e. The molecule has 0 aliphatic heterocycles. The third kappa shape index (κ3) is 5.60. The summed E-state index contributed by atoms with van der Waals surface area (Å²) in [6, 6.07) is 13.5. The summed E-state index contributed by atoms with van der Waals surface area (Å²) >= 11 is 6.03. The maximum atomic E-state index is 13.0. The van der Waals surface area contributed by atoms with Crippen LogP contribution in [0.15, 0.2) is 65.6 Å². The Morgan fingerprint density at radius 1 is 1.06 bits per heavy atom. The fraction of sp³-hybridized carbons (Fsp3) is 0.100. The molecule has 0 saturated heterocycles. The van der Waals surface area contributed by atoms with Crippen LogP contribution in [0.1, 0.15) is 11.3 Å². The molecule has 3 aromatic rings. The van der Waals surface area contributed by atoms with Crippen LogP contribution in [0.5, 0.6) is 0 Å². The molecule has 0 fully saturated rings. The molecule has 0 atom stereocenters. The number of hydrogen-bond donors (Lipinski definition) is 2. The molecule has 11 heteroatoms. The van der Waals surface area contributed by atoms with Crippen LogP contribution in [0.3, 0.4) is 0 Å². The zero-order valence-electron chi connectivity index (χ0n) is 15.7. The molecule has 0 radical (unpaired) electrons. The number of halogens is 4. The van der Waals surface area contributed by atoms with Gasteiger partial charge in [-0.15, -0.1) is 0 Å². The first-order chi connectivity index (χ1) is 14.4. The molecule has 0 unspecified atom stereocenters. The van der Waals surface area contributed by atoms with Crippen LogP contribution in [0, 0.1) is 0 Å².